The summed E-state index contributed by atoms with van der Waals surface area (Å²) in [5.41, 5.74) is 0. The Kier molecular flexibility index (Phi) is 3.18. The molecule has 0 aliphatic heterocycles. The number of rotatable bonds is 2. The molecule has 2 N–H and O–H groups in total. The molecule has 0 rings (SSSR count). The topological polar surface area (TPSA) is 57.5 Å². The average Bonchev–Trinajstić information content (AvgIpc) is 1.59. The normalized spacial score (nSPS) is 10.6. The standard InChI is InChI=1S/C3H5O3PS/c1-2-3-8-7(4,5)6/h1H,3H2,(H2,4,5,6). The molecule has 0 aliphatic rings. The summed E-state index contributed by atoms with van der Waals surface area (Å²) in [6, 6.07) is 0. The second-order valence-corrected chi connectivity index (χ2v) is 4.70. The van der Waals surface area contributed by atoms with Crippen molar-refractivity contribution >= 4 is 18.2 Å². The molecule has 0 atom stereocenters. The van der Waals surface area contributed by atoms with Crippen LogP contribution in [0, 0.1) is 12.3 Å². The lowest BCUT2D eigenvalue weighted by Gasteiger charge is -1.95. The highest BCUT2D eigenvalue weighted by atomic mass is 32.7. The third kappa shape index (κ3) is 6.06. The van der Waals surface area contributed by atoms with E-state index in [0.29, 0.717) is 11.4 Å². The van der Waals surface area contributed by atoms with Gasteiger partial charge in [-0.15, -0.1) is 6.42 Å². The molecule has 0 heterocycles. The summed E-state index contributed by atoms with van der Waals surface area (Å²) >= 11 is 0.464. The van der Waals surface area contributed by atoms with Crippen molar-refractivity contribution in [2.75, 3.05) is 5.75 Å². The Morgan fingerprint density at radius 1 is 1.75 bits per heavy atom. The van der Waals surface area contributed by atoms with Gasteiger partial charge in [0, 0.05) is 0 Å². The predicted octanol–water partition coefficient (Wildman–Crippen LogP) is 0.445. The van der Waals surface area contributed by atoms with Gasteiger partial charge < -0.3 is 9.79 Å². The lowest BCUT2D eigenvalue weighted by molar-refractivity contribution is 0.397. The highest BCUT2D eigenvalue weighted by molar-refractivity contribution is 8.54. The van der Waals surface area contributed by atoms with Gasteiger partial charge in [0.1, 0.15) is 0 Å². The van der Waals surface area contributed by atoms with Crippen LogP contribution in [-0.2, 0) is 4.57 Å². The van der Waals surface area contributed by atoms with Crippen LogP contribution in [0.5, 0.6) is 0 Å². The molecule has 0 unspecified atom stereocenters. The van der Waals surface area contributed by atoms with Gasteiger partial charge in [-0.05, 0) is 11.4 Å². The van der Waals surface area contributed by atoms with Crippen LogP contribution in [0.1, 0.15) is 0 Å². The van der Waals surface area contributed by atoms with Crippen LogP contribution >= 0.6 is 18.2 Å². The molecule has 0 saturated heterocycles. The van der Waals surface area contributed by atoms with Crippen LogP contribution in [0.4, 0.5) is 0 Å². The van der Waals surface area contributed by atoms with Crippen LogP contribution in [0.25, 0.3) is 0 Å². The number of hydrogen-bond acceptors (Lipinski definition) is 2. The number of hydrogen-bond donors (Lipinski definition) is 2. The van der Waals surface area contributed by atoms with Gasteiger partial charge in [-0.25, -0.2) is 4.57 Å². The van der Waals surface area contributed by atoms with Gasteiger partial charge in [0.15, 0.2) is 0 Å². The molecule has 0 radical (unpaired) electrons. The molecule has 0 bridgehead atoms. The molecule has 0 saturated carbocycles. The van der Waals surface area contributed by atoms with E-state index in [4.69, 9.17) is 16.2 Å². The lowest BCUT2D eigenvalue weighted by Crippen LogP contribution is -1.71. The molecule has 0 aliphatic carbocycles. The SMILES string of the molecule is C#CCSP(=O)(O)O. The third-order valence-electron chi connectivity index (χ3n) is 0.316. The molecule has 3 nitrogen and oxygen atoms in total. The highest BCUT2D eigenvalue weighted by Crippen LogP contribution is 2.49. The van der Waals surface area contributed by atoms with E-state index >= 15 is 0 Å². The zero-order valence-electron chi connectivity index (χ0n) is 3.94. The van der Waals surface area contributed by atoms with Crippen molar-refractivity contribution in [1.82, 2.24) is 0 Å². The molecular weight excluding hydrogens is 147 g/mol. The molecule has 0 amide bonds. The molecular formula is C3H5O3PS. The van der Waals surface area contributed by atoms with Gasteiger partial charge in [0.2, 0.25) is 0 Å². The maximum absolute atomic E-state index is 9.95. The van der Waals surface area contributed by atoms with Crippen molar-refractivity contribution < 1.29 is 14.4 Å². The molecule has 0 fully saturated rings. The summed E-state index contributed by atoms with van der Waals surface area (Å²) < 4.78 is 9.95. The van der Waals surface area contributed by atoms with Crippen molar-refractivity contribution in [2.24, 2.45) is 0 Å². The summed E-state index contributed by atoms with van der Waals surface area (Å²) in [6.07, 6.45) is 4.72. The van der Waals surface area contributed by atoms with E-state index in [0.717, 1.165) is 0 Å². The van der Waals surface area contributed by atoms with Crippen molar-refractivity contribution in [2.45, 2.75) is 0 Å². The van der Waals surface area contributed by atoms with Crippen LogP contribution in [0.2, 0.25) is 0 Å². The van der Waals surface area contributed by atoms with Gasteiger partial charge in [0.25, 0.3) is 0 Å². The molecule has 0 aromatic heterocycles. The zero-order valence-corrected chi connectivity index (χ0v) is 5.65. The first kappa shape index (κ1) is 8.06. The molecule has 0 spiro atoms. The van der Waals surface area contributed by atoms with Gasteiger partial charge >= 0.3 is 6.80 Å². The molecule has 0 aromatic rings. The Morgan fingerprint density at radius 3 is 2.38 bits per heavy atom. The first-order valence-electron chi connectivity index (χ1n) is 1.70. The Labute approximate surface area is 51.4 Å². The Hall–Kier alpha value is 0.0600. The minimum Gasteiger partial charge on any atom is -0.317 e. The summed E-state index contributed by atoms with van der Waals surface area (Å²) in [4.78, 5) is 16.3. The summed E-state index contributed by atoms with van der Waals surface area (Å²) in [7, 11) is 0. The minimum atomic E-state index is -3.91. The third-order valence-corrected chi connectivity index (χ3v) is 2.34. The van der Waals surface area contributed by atoms with Crippen LogP contribution < -0.4 is 0 Å². The first-order valence-corrected chi connectivity index (χ1v) is 4.90. The second-order valence-electron chi connectivity index (χ2n) is 0.968. The Balaban J connectivity index is 3.45. The maximum Gasteiger partial charge on any atom is 0.384 e. The monoisotopic (exact) mass is 152 g/mol. The van der Waals surface area contributed by atoms with Gasteiger partial charge in [-0.2, -0.15) is 0 Å². The number of terminal acetylenes is 1. The van der Waals surface area contributed by atoms with E-state index in [2.05, 4.69) is 5.92 Å². The van der Waals surface area contributed by atoms with Gasteiger partial charge in [-0.1, -0.05) is 5.92 Å². The molecule has 5 heteroatoms. The summed E-state index contributed by atoms with van der Waals surface area (Å²) in [5, 5.41) is 0. The van der Waals surface area contributed by atoms with E-state index < -0.39 is 6.80 Å². The van der Waals surface area contributed by atoms with E-state index in [-0.39, 0.29) is 5.75 Å². The Morgan fingerprint density at radius 2 is 2.25 bits per heavy atom. The highest BCUT2D eigenvalue weighted by Gasteiger charge is 2.10. The van der Waals surface area contributed by atoms with Crippen molar-refractivity contribution in [3.63, 3.8) is 0 Å². The van der Waals surface area contributed by atoms with E-state index in [9.17, 15) is 4.57 Å². The fourth-order valence-corrected chi connectivity index (χ4v) is 1.09. The smallest absolute Gasteiger partial charge is 0.317 e. The fraction of sp³-hybridized carbons (Fsp3) is 0.333. The van der Waals surface area contributed by atoms with Gasteiger partial charge in [-0.3, -0.25) is 0 Å². The fourth-order valence-electron chi connectivity index (χ4n) is 0.121. The summed E-state index contributed by atoms with van der Waals surface area (Å²) in [5.74, 6) is 2.15. The van der Waals surface area contributed by atoms with E-state index in [1.165, 1.54) is 0 Å². The van der Waals surface area contributed by atoms with E-state index in [1.54, 1.807) is 0 Å². The van der Waals surface area contributed by atoms with E-state index in [1.807, 2.05) is 0 Å². The molecule has 46 valence electrons. The molecule has 8 heavy (non-hydrogen) atoms. The zero-order chi connectivity index (χ0) is 6.62. The lowest BCUT2D eigenvalue weighted by atomic mass is 10.8. The van der Waals surface area contributed by atoms with Crippen molar-refractivity contribution in [3.8, 4) is 12.3 Å². The first-order chi connectivity index (χ1) is 3.56. The minimum absolute atomic E-state index is 0.0598. The van der Waals surface area contributed by atoms with Crippen LogP contribution in [0.3, 0.4) is 0 Å². The summed E-state index contributed by atoms with van der Waals surface area (Å²) in [6.45, 7) is -3.91. The Bertz CT molecular complexity index is 143. The largest absolute Gasteiger partial charge is 0.384 e. The second kappa shape index (κ2) is 3.16. The van der Waals surface area contributed by atoms with Crippen molar-refractivity contribution in [3.05, 3.63) is 0 Å². The van der Waals surface area contributed by atoms with Crippen LogP contribution in [-0.4, -0.2) is 15.5 Å². The van der Waals surface area contributed by atoms with Crippen molar-refractivity contribution in [1.29, 1.82) is 0 Å². The van der Waals surface area contributed by atoms with Crippen LogP contribution in [0.15, 0.2) is 0 Å². The predicted molar refractivity (Wildman–Crippen MR) is 33.3 cm³/mol. The quantitative estimate of drug-likeness (QED) is 0.445. The average molecular weight is 152 g/mol. The van der Waals surface area contributed by atoms with Gasteiger partial charge in [0.05, 0.1) is 5.75 Å². The molecule has 0 aromatic carbocycles. The maximum atomic E-state index is 9.95.